The number of hydrogen-bond donors (Lipinski definition) is 11. The number of carbonyl (C=O) groups excluding carboxylic acids is 5. The number of carbonyl (C=O) groups is 8. The van der Waals surface area contributed by atoms with Gasteiger partial charge >= 0.3 is 51.3 Å². The lowest BCUT2D eigenvalue weighted by atomic mass is 9.98. The second kappa shape index (κ2) is 38.2. The minimum Gasteiger partial charge on any atom is -0.477 e. The number of thiocarbonyl (C=S) groups is 1. The fourth-order valence-electron chi connectivity index (χ4n) is 9.08. The monoisotopic (exact) mass is 1670 g/mol. The number of aliphatic carboxylic acids is 3. The third-order valence-electron chi connectivity index (χ3n) is 13.4. The lowest BCUT2D eigenvalue weighted by Gasteiger charge is -2.49. The first kappa shape index (κ1) is 84.2. The van der Waals surface area contributed by atoms with Gasteiger partial charge in [0.2, 0.25) is 22.4 Å². The van der Waals surface area contributed by atoms with E-state index < -0.39 is 80.5 Å². The van der Waals surface area contributed by atoms with Gasteiger partial charge in [-0.2, -0.15) is 15.0 Å². The van der Waals surface area contributed by atoms with Crippen molar-refractivity contribution in [1.29, 1.82) is 0 Å². The van der Waals surface area contributed by atoms with Crippen LogP contribution in [-0.4, -0.2) is 229 Å². The van der Waals surface area contributed by atoms with Crippen molar-refractivity contribution in [2.75, 3.05) is 45.6 Å². The number of fused-ring (bicyclic) bond motifs is 3. The highest BCUT2D eigenvalue weighted by molar-refractivity contribution is 9.19. The molecule has 4 amide bonds. The molecule has 45 heteroatoms. The molecule has 3 aromatic heterocycles. The van der Waals surface area contributed by atoms with Gasteiger partial charge in [-0.1, -0.05) is 69.9 Å². The number of carboxylic acid groups (broad SMARTS) is 3. The molecule has 3 fully saturated rings. The zero-order valence-corrected chi connectivity index (χ0v) is 65.3. The van der Waals surface area contributed by atoms with E-state index in [1.54, 1.807) is 6.92 Å². The molecule has 9 heterocycles. The second-order valence-electron chi connectivity index (χ2n) is 22.9. The lowest BCUT2D eigenvalue weighted by Crippen LogP contribution is -2.70. The van der Waals surface area contributed by atoms with Gasteiger partial charge in [0.25, 0.3) is 5.91 Å². The van der Waals surface area contributed by atoms with Crippen molar-refractivity contribution in [2.45, 2.75) is 130 Å². The summed E-state index contributed by atoms with van der Waals surface area (Å²) in [6.07, 6.45) is 0. The summed E-state index contributed by atoms with van der Waals surface area (Å²) < 4.78 is 3.86. The Morgan fingerprint density at radius 2 is 0.950 bits per heavy atom. The number of carboxylic acids is 3. The van der Waals surface area contributed by atoms with E-state index in [0.717, 1.165) is 40.4 Å². The van der Waals surface area contributed by atoms with Gasteiger partial charge in [0.05, 0.1) is 22.4 Å². The fourth-order valence-corrected chi connectivity index (χ4v) is 17.7. The normalized spacial score (nSPS) is 19.8. The third kappa shape index (κ3) is 22.5. The molecule has 6 aliphatic heterocycles. The largest absolute Gasteiger partial charge is 0.477 e. The number of aliphatic imine (C=N–C) groups is 1. The summed E-state index contributed by atoms with van der Waals surface area (Å²) >= 11 is 19.4. The van der Waals surface area contributed by atoms with E-state index in [9.17, 15) is 82.4 Å². The van der Waals surface area contributed by atoms with Crippen LogP contribution in [0.2, 0.25) is 0 Å². The molecule has 100 heavy (non-hydrogen) atoms. The summed E-state index contributed by atoms with van der Waals surface area (Å²) in [7, 11) is 4.57. The summed E-state index contributed by atoms with van der Waals surface area (Å²) in [5.41, 5.74) is 1.86. The summed E-state index contributed by atoms with van der Waals surface area (Å²) in [6, 6.07) is -0.480. The first-order chi connectivity index (χ1) is 46.8. The summed E-state index contributed by atoms with van der Waals surface area (Å²) in [6.45, 7) is 17.8. The van der Waals surface area contributed by atoms with Crippen LogP contribution in [-0.2, 0) is 59.5 Å². The van der Waals surface area contributed by atoms with Crippen molar-refractivity contribution in [3.63, 3.8) is 0 Å². The van der Waals surface area contributed by atoms with Crippen molar-refractivity contribution in [2.24, 2.45) is 37.8 Å². The van der Waals surface area contributed by atoms with Crippen LogP contribution in [0.3, 0.4) is 0 Å². The van der Waals surface area contributed by atoms with Gasteiger partial charge in [0.15, 0.2) is 25.7 Å². The van der Waals surface area contributed by atoms with Crippen LogP contribution in [0.1, 0.15) is 62.3 Å². The van der Waals surface area contributed by atoms with Gasteiger partial charge in [-0.3, -0.25) is 102 Å². The number of rotatable bonds is 20. The number of aryl methyl sites for hydroxylation is 3. The molecule has 0 aromatic carbocycles. The van der Waals surface area contributed by atoms with Crippen LogP contribution in [0.5, 0.6) is 0 Å². The number of hydrogen-bond acceptors (Lipinski definition) is 27. The van der Waals surface area contributed by atoms with Crippen LogP contribution in [0, 0.1) is 5.92 Å². The molecule has 9 rings (SSSR count). The zero-order chi connectivity index (χ0) is 75.1. The number of nitrogens with two attached hydrogens (primary N) is 1. The molecule has 548 valence electrons. The number of alkyl halides is 1. The average Bonchev–Trinajstić information content (AvgIpc) is 0.752. The Kier molecular flexibility index (Phi) is 32.1. The standard InChI is InChI=1S/C21H29N7O6S3.C13H14N4O5S2.C12H13N5O5S2.C7H16N2S.C2H2Br2O/c1-9(2)22-20(23-10(3)4)36-8-12(29)24-13-17(32)28-14(19(33)34)11(6-35-18(13)28)7-37-21-25-15(30)16(31)26-27(21)5;1-5-10(20)17-7(12(21)22)6(3-23-11(5)17)4-24-13-14-8(18)9(19)15-16(13)2;1-16-12(14-7(18)8(19)15-16)24-3-4-2-23-10-5(13)9(20)17(10)6(4)11(21)22;1-5(2)8-7(10)9-6(3)4;3-1-2(4)5/h9-10,13,18H,6-8H2,1-5H3,(H,22,23)(H,24,29)(H,26,31)(H,33,34);5,11H,3-4H2,1-2H3,(H,15,19)(H,21,22);5,10H,2-3,13H2,1H3,(H,15,19)(H,21,22);5-6H,1-4H3,(H2,8,9,10);1H2. The van der Waals surface area contributed by atoms with Gasteiger partial charge in [-0.25, -0.2) is 14.4 Å². The Hall–Kier alpha value is -6.46. The van der Waals surface area contributed by atoms with Crippen molar-refractivity contribution in [1.82, 2.24) is 80.3 Å². The number of aromatic nitrogens is 9. The first-order valence-corrected chi connectivity index (χ1v) is 39.1. The molecule has 6 atom stereocenters. The molecule has 0 spiro atoms. The van der Waals surface area contributed by atoms with E-state index in [2.05, 4.69) is 116 Å². The van der Waals surface area contributed by atoms with E-state index in [-0.39, 0.29) is 101 Å². The fraction of sp³-hybridized carbons (Fsp3) is 0.545. The number of H-pyrrole nitrogens is 3. The highest BCUT2D eigenvalue weighted by Gasteiger charge is 2.55. The molecule has 0 saturated carbocycles. The highest BCUT2D eigenvalue weighted by Crippen LogP contribution is 2.45. The SMILES string of the molecule is CC(C)N=C(NC(C)C)SCC(=O)NC1C(=O)N2C(C(=O)O)=C(CSc3nc(=O)c(=O)[nH]n3C)CSC12.CC(C)NC(=S)NC(C)C.CC1C(=O)N2C(C(=O)O)=C(CSc3nc(=O)c(=O)[nH]n3C)CSC12.Cn1[nH]c(=O)c(=O)nc1SCC1=C(C(=O)O)N2C(=O)C(N)C2SC1.O=C(Br)CBr. The average molecular weight is 1680 g/mol. The summed E-state index contributed by atoms with van der Waals surface area (Å²) in [5.74, 6) is -3.34. The minimum atomic E-state index is -1.26. The molecule has 0 aliphatic carbocycles. The van der Waals surface area contributed by atoms with Gasteiger partial charge < -0.3 is 42.3 Å². The van der Waals surface area contributed by atoms with Crippen LogP contribution in [0.25, 0.3) is 0 Å². The Balaban J connectivity index is 0.000000251. The molecule has 6 unspecified atom stereocenters. The molecule has 0 bridgehead atoms. The van der Waals surface area contributed by atoms with Crippen molar-refractivity contribution in [3.8, 4) is 0 Å². The Morgan fingerprint density at radius 3 is 1.30 bits per heavy atom. The maximum absolute atomic E-state index is 12.9. The maximum Gasteiger partial charge on any atom is 0.352 e. The van der Waals surface area contributed by atoms with Crippen LogP contribution in [0.4, 0.5) is 0 Å². The van der Waals surface area contributed by atoms with Crippen LogP contribution >= 0.6 is 126 Å². The predicted octanol–water partition coefficient (Wildman–Crippen LogP) is -0.0426. The highest BCUT2D eigenvalue weighted by atomic mass is 79.9. The van der Waals surface area contributed by atoms with Crippen LogP contribution in [0.15, 0.2) is 83.0 Å². The summed E-state index contributed by atoms with van der Waals surface area (Å²) in [4.78, 5) is 181. The molecule has 35 nitrogen and oxygen atoms in total. The minimum absolute atomic E-state index is 0.0162. The maximum atomic E-state index is 12.9. The van der Waals surface area contributed by atoms with E-state index in [0.29, 0.717) is 56.6 Å². The number of nitrogens with one attached hydrogen (secondary N) is 7. The zero-order valence-electron chi connectivity index (χ0n) is 55.6. The van der Waals surface area contributed by atoms with Gasteiger partial charge in [-0.05, 0) is 100 Å². The number of halogens is 2. The molecule has 3 aromatic rings. The van der Waals surface area contributed by atoms with E-state index >= 15 is 0 Å². The Bertz CT molecular complexity index is 4020. The quantitative estimate of drug-likeness (QED) is 0.0103. The van der Waals surface area contributed by atoms with Crippen molar-refractivity contribution < 1.29 is 53.7 Å². The lowest BCUT2D eigenvalue weighted by molar-refractivity contribution is -0.151. The molecular formula is C55H74Br2N18O17S8. The number of nitrogens with zero attached hydrogens (tertiary/aromatic N) is 10. The van der Waals surface area contributed by atoms with Crippen molar-refractivity contribution >= 4 is 183 Å². The van der Waals surface area contributed by atoms with E-state index in [1.165, 1.54) is 96.9 Å². The van der Waals surface area contributed by atoms with Crippen LogP contribution < -0.4 is 60.4 Å². The number of amidine groups is 1. The molecule has 6 aliphatic rings. The van der Waals surface area contributed by atoms with Gasteiger partial charge in [0.1, 0.15) is 39.9 Å². The number of thioether (sulfide) groups is 7. The van der Waals surface area contributed by atoms with Gasteiger partial charge in [-0.15, -0.1) is 35.3 Å². The number of β-lactam (4-membered cyclic amide) rings is 3. The predicted molar refractivity (Wildman–Crippen MR) is 395 cm³/mol. The molecule has 12 N–H and O–H groups in total. The summed E-state index contributed by atoms with van der Waals surface area (Å²) in [5, 5.41) is 49.3. The van der Waals surface area contributed by atoms with E-state index in [1.807, 2.05) is 27.7 Å². The Morgan fingerprint density at radius 1 is 0.600 bits per heavy atom. The van der Waals surface area contributed by atoms with Gasteiger partial charge in [0, 0.05) is 79.8 Å². The molecule has 3 saturated heterocycles. The number of amides is 4. The third-order valence-corrected chi connectivity index (χ3v) is 23.6. The number of aromatic amines is 3. The molecular weight excluding hydrogens is 1600 g/mol. The smallest absolute Gasteiger partial charge is 0.352 e. The van der Waals surface area contributed by atoms with E-state index in [4.69, 9.17) is 18.0 Å². The van der Waals surface area contributed by atoms with Crippen molar-refractivity contribution in [3.05, 3.63) is 95.9 Å². The molecule has 0 radical (unpaired) electrons. The topological polar surface area (TPSA) is 497 Å². The first-order valence-electron chi connectivity index (χ1n) is 29.7. The Labute approximate surface area is 621 Å². The second-order valence-corrected chi connectivity index (χ2v) is 31.8.